The van der Waals surface area contributed by atoms with Crippen LogP contribution in [0.15, 0.2) is 18.3 Å². The molecule has 18 heavy (non-hydrogen) atoms. The van der Waals surface area contributed by atoms with Crippen LogP contribution >= 0.6 is 0 Å². The molecule has 0 bridgehead atoms. The van der Waals surface area contributed by atoms with E-state index in [2.05, 4.69) is 10.3 Å². The first kappa shape index (κ1) is 12.8. The van der Waals surface area contributed by atoms with Gasteiger partial charge in [-0.25, -0.2) is 0 Å². The maximum absolute atomic E-state index is 12.3. The fourth-order valence-corrected chi connectivity index (χ4v) is 1.47. The first-order valence-electron chi connectivity index (χ1n) is 5.33. The van der Waals surface area contributed by atoms with Gasteiger partial charge < -0.3 is 10.4 Å². The van der Waals surface area contributed by atoms with Crippen LogP contribution in [0.5, 0.6) is 0 Å². The topological polar surface area (TPSA) is 62.2 Å². The SMILES string of the molecule is O=C(NC1(CO)CC1)c1ccc(C(F)(F)F)cn1. The maximum Gasteiger partial charge on any atom is 0.417 e. The van der Waals surface area contributed by atoms with Crippen LogP contribution in [0.25, 0.3) is 0 Å². The maximum atomic E-state index is 12.3. The lowest BCUT2D eigenvalue weighted by atomic mass is 10.2. The number of carbonyl (C=O) groups excluding carboxylic acids is 1. The van der Waals surface area contributed by atoms with Crippen molar-refractivity contribution in [3.05, 3.63) is 29.6 Å². The highest BCUT2D eigenvalue weighted by Gasteiger charge is 2.43. The lowest BCUT2D eigenvalue weighted by Gasteiger charge is -2.14. The summed E-state index contributed by atoms with van der Waals surface area (Å²) in [5.41, 5.74) is -1.60. The Morgan fingerprint density at radius 3 is 2.50 bits per heavy atom. The van der Waals surface area contributed by atoms with Crippen molar-refractivity contribution in [3.63, 3.8) is 0 Å². The van der Waals surface area contributed by atoms with Gasteiger partial charge in [0, 0.05) is 6.20 Å². The molecule has 0 radical (unpaired) electrons. The van der Waals surface area contributed by atoms with Gasteiger partial charge in [0.25, 0.3) is 5.91 Å². The molecule has 2 rings (SSSR count). The molecule has 98 valence electrons. The number of hydrogen-bond acceptors (Lipinski definition) is 3. The summed E-state index contributed by atoms with van der Waals surface area (Å²) < 4.78 is 36.8. The quantitative estimate of drug-likeness (QED) is 0.862. The van der Waals surface area contributed by atoms with Crippen molar-refractivity contribution in [2.75, 3.05) is 6.61 Å². The number of hydrogen-bond donors (Lipinski definition) is 2. The summed E-state index contributed by atoms with van der Waals surface area (Å²) in [6.07, 6.45) is -2.52. The Labute approximate surface area is 101 Å². The van der Waals surface area contributed by atoms with Crippen molar-refractivity contribution in [2.45, 2.75) is 24.6 Å². The summed E-state index contributed by atoms with van der Waals surface area (Å²) in [4.78, 5) is 15.1. The van der Waals surface area contributed by atoms with Gasteiger partial charge >= 0.3 is 6.18 Å². The Morgan fingerprint density at radius 1 is 1.44 bits per heavy atom. The molecule has 1 heterocycles. The second-order valence-corrected chi connectivity index (χ2v) is 4.32. The van der Waals surface area contributed by atoms with Crippen LogP contribution in [0.4, 0.5) is 13.2 Å². The van der Waals surface area contributed by atoms with E-state index in [1.54, 1.807) is 0 Å². The fourth-order valence-electron chi connectivity index (χ4n) is 1.47. The zero-order chi connectivity index (χ0) is 13.4. The highest BCUT2D eigenvalue weighted by Crippen LogP contribution is 2.34. The smallest absolute Gasteiger partial charge is 0.394 e. The standard InChI is InChI=1S/C11H11F3N2O2/c12-11(13,14)7-1-2-8(15-5-7)9(18)16-10(6-17)3-4-10/h1-2,5,17H,3-4,6H2,(H,16,18). The summed E-state index contributed by atoms with van der Waals surface area (Å²) >= 11 is 0. The molecular formula is C11H11F3N2O2. The summed E-state index contributed by atoms with van der Waals surface area (Å²) in [6, 6.07) is 1.83. The van der Waals surface area contributed by atoms with E-state index >= 15 is 0 Å². The Bertz CT molecular complexity index is 452. The van der Waals surface area contributed by atoms with Gasteiger partial charge in [0.15, 0.2) is 0 Å². The van der Waals surface area contributed by atoms with Crippen LogP contribution in [0.1, 0.15) is 28.9 Å². The highest BCUT2D eigenvalue weighted by molar-refractivity contribution is 5.93. The van der Waals surface area contributed by atoms with Crippen LogP contribution in [0.3, 0.4) is 0 Å². The molecule has 7 heteroatoms. The van der Waals surface area contributed by atoms with E-state index in [4.69, 9.17) is 5.11 Å². The Balaban J connectivity index is 2.08. The minimum absolute atomic E-state index is 0.0947. The Kier molecular flexibility index (Phi) is 3.02. The van der Waals surface area contributed by atoms with Gasteiger partial charge in [0.1, 0.15) is 5.69 Å². The van der Waals surface area contributed by atoms with Gasteiger partial charge in [0.2, 0.25) is 0 Å². The molecule has 1 aromatic rings. The molecular weight excluding hydrogens is 249 g/mol. The molecule has 1 saturated carbocycles. The molecule has 4 nitrogen and oxygen atoms in total. The van der Waals surface area contributed by atoms with Crippen LogP contribution in [0, 0.1) is 0 Å². The zero-order valence-corrected chi connectivity index (χ0v) is 9.29. The third-order valence-corrected chi connectivity index (χ3v) is 2.86. The number of alkyl halides is 3. The Hall–Kier alpha value is -1.63. The minimum atomic E-state index is -4.47. The predicted molar refractivity (Wildman–Crippen MR) is 55.8 cm³/mol. The van der Waals surface area contributed by atoms with Gasteiger partial charge in [0.05, 0.1) is 17.7 Å². The molecule has 1 aliphatic carbocycles. The van der Waals surface area contributed by atoms with E-state index < -0.39 is 23.2 Å². The molecule has 1 amide bonds. The normalized spacial score (nSPS) is 17.3. The summed E-state index contributed by atoms with van der Waals surface area (Å²) in [7, 11) is 0. The van der Waals surface area contributed by atoms with Crippen molar-refractivity contribution in [2.24, 2.45) is 0 Å². The molecule has 0 atom stereocenters. The number of nitrogens with zero attached hydrogens (tertiary/aromatic N) is 1. The van der Waals surface area contributed by atoms with Crippen molar-refractivity contribution in [3.8, 4) is 0 Å². The van der Waals surface area contributed by atoms with Crippen molar-refractivity contribution in [1.29, 1.82) is 0 Å². The van der Waals surface area contributed by atoms with Gasteiger partial charge in [-0.05, 0) is 25.0 Å². The summed E-state index contributed by atoms with van der Waals surface area (Å²) in [6.45, 7) is -0.181. The van der Waals surface area contributed by atoms with Crippen molar-refractivity contribution >= 4 is 5.91 Å². The number of rotatable bonds is 3. The lowest BCUT2D eigenvalue weighted by Crippen LogP contribution is -2.39. The predicted octanol–water partition coefficient (Wildman–Crippen LogP) is 1.36. The second-order valence-electron chi connectivity index (χ2n) is 4.32. The number of aromatic nitrogens is 1. The molecule has 2 N–H and O–H groups in total. The highest BCUT2D eigenvalue weighted by atomic mass is 19.4. The molecule has 0 unspecified atom stereocenters. The molecule has 0 aromatic carbocycles. The molecule has 0 aliphatic heterocycles. The number of amides is 1. The number of aliphatic hydroxyl groups excluding tert-OH is 1. The van der Waals surface area contributed by atoms with E-state index in [1.165, 1.54) is 0 Å². The average molecular weight is 260 g/mol. The fraction of sp³-hybridized carbons (Fsp3) is 0.455. The molecule has 1 fully saturated rings. The zero-order valence-electron chi connectivity index (χ0n) is 9.29. The average Bonchev–Trinajstić information content (AvgIpc) is 3.08. The third-order valence-electron chi connectivity index (χ3n) is 2.86. The van der Waals surface area contributed by atoms with Crippen LogP contribution in [-0.4, -0.2) is 28.1 Å². The largest absolute Gasteiger partial charge is 0.417 e. The van der Waals surface area contributed by atoms with Crippen molar-refractivity contribution < 1.29 is 23.1 Å². The Morgan fingerprint density at radius 2 is 2.11 bits per heavy atom. The van der Waals surface area contributed by atoms with Gasteiger partial charge in [-0.1, -0.05) is 0 Å². The minimum Gasteiger partial charge on any atom is -0.394 e. The van der Waals surface area contributed by atoms with E-state index in [9.17, 15) is 18.0 Å². The number of pyridine rings is 1. The van der Waals surface area contributed by atoms with E-state index in [0.717, 1.165) is 12.1 Å². The summed E-state index contributed by atoms with van der Waals surface area (Å²) in [5.74, 6) is -0.574. The van der Waals surface area contributed by atoms with E-state index in [1.807, 2.05) is 0 Å². The molecule has 1 aromatic heterocycles. The molecule has 1 aliphatic rings. The molecule has 0 spiro atoms. The first-order valence-corrected chi connectivity index (χ1v) is 5.33. The van der Waals surface area contributed by atoms with Crippen LogP contribution in [0.2, 0.25) is 0 Å². The number of halogens is 3. The monoisotopic (exact) mass is 260 g/mol. The van der Waals surface area contributed by atoms with Crippen LogP contribution in [-0.2, 0) is 6.18 Å². The van der Waals surface area contributed by atoms with Gasteiger partial charge in [-0.3, -0.25) is 9.78 Å². The first-order chi connectivity index (χ1) is 8.36. The lowest BCUT2D eigenvalue weighted by molar-refractivity contribution is -0.137. The number of carbonyl (C=O) groups is 1. The van der Waals surface area contributed by atoms with E-state index in [0.29, 0.717) is 19.0 Å². The van der Waals surface area contributed by atoms with Crippen LogP contribution < -0.4 is 5.32 Å². The third kappa shape index (κ3) is 2.61. The second kappa shape index (κ2) is 4.24. The van der Waals surface area contributed by atoms with Crippen molar-refractivity contribution in [1.82, 2.24) is 10.3 Å². The van der Waals surface area contributed by atoms with Gasteiger partial charge in [-0.2, -0.15) is 13.2 Å². The number of nitrogens with one attached hydrogen (secondary N) is 1. The molecule has 0 saturated heterocycles. The number of aliphatic hydroxyl groups is 1. The van der Waals surface area contributed by atoms with Gasteiger partial charge in [-0.15, -0.1) is 0 Å². The van der Waals surface area contributed by atoms with E-state index in [-0.39, 0.29) is 12.3 Å². The summed E-state index contributed by atoms with van der Waals surface area (Å²) in [5, 5.41) is 11.6.